The molecular formula is C55H94N2O6P+. The second kappa shape index (κ2) is 45.1. The van der Waals surface area contributed by atoms with Gasteiger partial charge in [-0.3, -0.25) is 13.8 Å². The van der Waals surface area contributed by atoms with Crippen LogP contribution < -0.4 is 5.32 Å². The van der Waals surface area contributed by atoms with Gasteiger partial charge in [-0.1, -0.05) is 200 Å². The third-order valence-electron chi connectivity index (χ3n) is 10.2. The van der Waals surface area contributed by atoms with E-state index in [0.29, 0.717) is 17.4 Å². The molecule has 3 atom stereocenters. The number of hydrogen-bond acceptors (Lipinski definition) is 5. The maximum atomic E-state index is 12.7. The van der Waals surface area contributed by atoms with Gasteiger partial charge >= 0.3 is 7.82 Å². The molecule has 0 saturated carbocycles. The number of likely N-dealkylation sites (N-methyl/N-ethyl adjacent to an activating group) is 1. The van der Waals surface area contributed by atoms with E-state index in [4.69, 9.17) is 9.05 Å². The third kappa shape index (κ3) is 46.9. The lowest BCUT2D eigenvalue weighted by molar-refractivity contribution is -0.870. The quantitative estimate of drug-likeness (QED) is 0.0244. The van der Waals surface area contributed by atoms with Crippen molar-refractivity contribution in [3.05, 3.63) is 122 Å². The van der Waals surface area contributed by atoms with E-state index in [1.165, 1.54) is 57.8 Å². The van der Waals surface area contributed by atoms with E-state index >= 15 is 0 Å². The van der Waals surface area contributed by atoms with Gasteiger partial charge in [-0.15, -0.1) is 0 Å². The Hall–Kier alpha value is -3.10. The molecule has 3 N–H and O–H groups in total. The molecule has 0 aliphatic heterocycles. The summed E-state index contributed by atoms with van der Waals surface area (Å²) in [6.45, 7) is 4.45. The Balaban J connectivity index is 3.84. The molecule has 0 aromatic carbocycles. The fourth-order valence-electron chi connectivity index (χ4n) is 6.27. The average molecular weight is 910 g/mol. The molecule has 1 amide bonds. The number of carbonyl (C=O) groups is 1. The molecule has 0 rings (SSSR count). The van der Waals surface area contributed by atoms with Gasteiger partial charge in [0, 0.05) is 6.42 Å². The smallest absolute Gasteiger partial charge is 0.387 e. The Kier molecular flexibility index (Phi) is 42.9. The lowest BCUT2D eigenvalue weighted by Crippen LogP contribution is -2.45. The molecule has 0 spiro atoms. The van der Waals surface area contributed by atoms with Gasteiger partial charge in [0.25, 0.3) is 0 Å². The van der Waals surface area contributed by atoms with Gasteiger partial charge in [-0.2, -0.15) is 0 Å². The van der Waals surface area contributed by atoms with Crippen molar-refractivity contribution in [1.29, 1.82) is 0 Å². The van der Waals surface area contributed by atoms with Crippen LogP contribution >= 0.6 is 7.82 Å². The summed E-state index contributed by atoms with van der Waals surface area (Å²) in [6.07, 6.45) is 68.2. The van der Waals surface area contributed by atoms with E-state index < -0.39 is 20.0 Å². The summed E-state index contributed by atoms with van der Waals surface area (Å²) in [4.78, 5) is 22.8. The summed E-state index contributed by atoms with van der Waals surface area (Å²) in [5.41, 5.74) is 0. The molecule has 0 fully saturated rings. The second-order valence-electron chi connectivity index (χ2n) is 17.5. The highest BCUT2D eigenvalue weighted by atomic mass is 31.2. The number of rotatable bonds is 43. The third-order valence-corrected chi connectivity index (χ3v) is 11.2. The Labute approximate surface area is 393 Å². The number of quaternary nitrogens is 1. The van der Waals surface area contributed by atoms with Gasteiger partial charge in [-0.25, -0.2) is 4.57 Å². The van der Waals surface area contributed by atoms with Crippen LogP contribution in [0.5, 0.6) is 0 Å². The van der Waals surface area contributed by atoms with Crippen LogP contribution in [0.25, 0.3) is 0 Å². The van der Waals surface area contributed by atoms with Crippen molar-refractivity contribution in [2.24, 2.45) is 0 Å². The Morgan fingerprint density at radius 2 is 0.938 bits per heavy atom. The minimum atomic E-state index is -4.32. The lowest BCUT2D eigenvalue weighted by atomic mass is 10.0. The zero-order valence-corrected chi connectivity index (χ0v) is 42.1. The number of hydrogen-bond donors (Lipinski definition) is 3. The standard InChI is InChI=1S/C55H93N2O6P/c1-6-8-10-11-12-13-14-15-16-17-18-19-20-21-22-23-24-25-26-27-28-29-30-31-32-33-34-35-36-37-38-39-40-41-42-43-44-45-47-49-55(59)56-53(54(58)48-46-9-7-2)52-63-64(60,61)62-51-50-57(3,4)5/h8,10,12-13,15-16,18-19,21-22,24-25,27-28,30-31,33-34,46,48,53-54,58H,6-7,9,11,14,17,20,23,26,29,32,35-45,47,49-52H2,1-5H3,(H-,56,59,60,61)/p+1/b10-8-,13-12-,16-15-,19-18-,22-21-,25-24-,28-27-,31-30-,34-33-,48-46+. The molecule has 0 radical (unpaired) electrons. The molecule has 0 aliphatic carbocycles. The fraction of sp³-hybridized carbons (Fsp3) is 0.618. The molecule has 0 aromatic heterocycles. The van der Waals surface area contributed by atoms with Gasteiger partial charge in [0.15, 0.2) is 0 Å². The monoisotopic (exact) mass is 910 g/mol. The first-order valence-corrected chi connectivity index (χ1v) is 26.4. The predicted molar refractivity (Wildman–Crippen MR) is 276 cm³/mol. The van der Waals surface area contributed by atoms with Crippen LogP contribution in [0.3, 0.4) is 0 Å². The summed E-state index contributed by atoms with van der Waals surface area (Å²) in [5.74, 6) is -0.199. The van der Waals surface area contributed by atoms with Crippen molar-refractivity contribution in [1.82, 2.24) is 5.32 Å². The van der Waals surface area contributed by atoms with Crippen LogP contribution in [-0.4, -0.2) is 73.4 Å². The normalized spacial score (nSPS) is 15.2. The van der Waals surface area contributed by atoms with Crippen LogP contribution in [0.2, 0.25) is 0 Å². The van der Waals surface area contributed by atoms with E-state index in [9.17, 15) is 19.4 Å². The Bertz CT molecular complexity index is 1450. The molecule has 3 unspecified atom stereocenters. The van der Waals surface area contributed by atoms with Crippen molar-refractivity contribution >= 4 is 13.7 Å². The largest absolute Gasteiger partial charge is 0.472 e. The zero-order chi connectivity index (χ0) is 47.1. The predicted octanol–water partition coefficient (Wildman–Crippen LogP) is 14.6. The van der Waals surface area contributed by atoms with Gasteiger partial charge in [0.1, 0.15) is 13.2 Å². The zero-order valence-electron chi connectivity index (χ0n) is 41.2. The minimum absolute atomic E-state index is 0.0536. The molecule has 0 aromatic rings. The molecule has 0 heterocycles. The van der Waals surface area contributed by atoms with E-state index in [1.54, 1.807) is 6.08 Å². The number of nitrogens with one attached hydrogen (secondary N) is 1. The van der Waals surface area contributed by atoms with Crippen molar-refractivity contribution < 1.29 is 32.9 Å². The first-order chi connectivity index (χ1) is 31.0. The fourth-order valence-corrected chi connectivity index (χ4v) is 7.01. The summed E-state index contributed by atoms with van der Waals surface area (Å²) in [5, 5.41) is 13.5. The molecule has 0 saturated heterocycles. The number of unbranched alkanes of at least 4 members (excludes halogenated alkanes) is 12. The number of phosphoric ester groups is 1. The summed E-state index contributed by atoms with van der Waals surface area (Å²) >= 11 is 0. The van der Waals surface area contributed by atoms with E-state index in [2.05, 4.69) is 122 Å². The van der Waals surface area contributed by atoms with Crippen LogP contribution in [0.1, 0.15) is 168 Å². The highest BCUT2D eigenvalue weighted by Gasteiger charge is 2.27. The number of allylic oxidation sites excluding steroid dienone is 19. The molecular weight excluding hydrogens is 816 g/mol. The molecule has 8 nitrogen and oxygen atoms in total. The van der Waals surface area contributed by atoms with E-state index in [-0.39, 0.29) is 19.1 Å². The maximum Gasteiger partial charge on any atom is 0.472 e. The van der Waals surface area contributed by atoms with Crippen molar-refractivity contribution in [3.8, 4) is 0 Å². The topological polar surface area (TPSA) is 105 Å². The maximum absolute atomic E-state index is 12.7. The van der Waals surface area contributed by atoms with Crippen molar-refractivity contribution in [2.75, 3.05) is 40.9 Å². The highest BCUT2D eigenvalue weighted by molar-refractivity contribution is 7.47. The van der Waals surface area contributed by atoms with Crippen molar-refractivity contribution in [3.63, 3.8) is 0 Å². The van der Waals surface area contributed by atoms with Gasteiger partial charge in [-0.05, 0) is 83.5 Å². The SMILES string of the molecule is CC/C=C\C/C=C\C/C=C\C/C=C\C/C=C\C/C=C\C/C=C\C/C=C\C/C=C\CCCCCCCCCCCCCC(=O)NC(COP(=O)(O)OCC[N+](C)(C)C)C(O)/C=C/CCC. The molecule has 64 heavy (non-hydrogen) atoms. The summed E-state index contributed by atoms with van der Waals surface area (Å²) in [7, 11) is 1.54. The van der Waals surface area contributed by atoms with Crippen LogP contribution in [0, 0.1) is 0 Å². The van der Waals surface area contributed by atoms with Crippen molar-refractivity contribution in [2.45, 2.75) is 180 Å². The van der Waals surface area contributed by atoms with Gasteiger partial charge in [0.05, 0.1) is 39.9 Å². The van der Waals surface area contributed by atoms with Gasteiger partial charge < -0.3 is 19.8 Å². The lowest BCUT2D eigenvalue weighted by Gasteiger charge is -2.25. The number of carbonyl (C=O) groups excluding carboxylic acids is 1. The summed E-state index contributed by atoms with van der Waals surface area (Å²) < 4.78 is 23.2. The van der Waals surface area contributed by atoms with Crippen LogP contribution in [0.15, 0.2) is 122 Å². The Morgan fingerprint density at radius 3 is 1.34 bits per heavy atom. The summed E-state index contributed by atoms with van der Waals surface area (Å²) in [6, 6.07) is -0.850. The Morgan fingerprint density at radius 1 is 0.547 bits per heavy atom. The number of amides is 1. The molecule has 364 valence electrons. The number of aliphatic hydroxyl groups is 1. The minimum Gasteiger partial charge on any atom is -0.387 e. The number of nitrogens with zero attached hydrogens (tertiary/aromatic N) is 1. The van der Waals surface area contributed by atoms with Crippen LogP contribution in [-0.2, 0) is 18.4 Å². The van der Waals surface area contributed by atoms with E-state index in [0.717, 1.165) is 89.9 Å². The first-order valence-electron chi connectivity index (χ1n) is 24.9. The van der Waals surface area contributed by atoms with Gasteiger partial charge in [0.2, 0.25) is 5.91 Å². The molecule has 0 bridgehead atoms. The second-order valence-corrected chi connectivity index (χ2v) is 18.9. The highest BCUT2D eigenvalue weighted by Crippen LogP contribution is 2.43. The number of aliphatic hydroxyl groups excluding tert-OH is 1. The van der Waals surface area contributed by atoms with Crippen LogP contribution in [0.4, 0.5) is 0 Å². The average Bonchev–Trinajstić information content (AvgIpc) is 3.25. The molecule has 9 heteroatoms. The molecule has 0 aliphatic rings. The first kappa shape index (κ1) is 60.9. The van der Waals surface area contributed by atoms with E-state index in [1.807, 2.05) is 34.1 Å². The number of phosphoric acid groups is 1.